The molecule has 1 aromatic carbocycles. The number of aryl methyl sites for hydroxylation is 1. The van der Waals surface area contributed by atoms with Gasteiger partial charge in [0.25, 0.3) is 0 Å². The van der Waals surface area contributed by atoms with Gasteiger partial charge < -0.3 is 18.8 Å². The van der Waals surface area contributed by atoms with Crippen molar-refractivity contribution >= 4 is 16.8 Å². The lowest BCUT2D eigenvalue weighted by Gasteiger charge is -2.22. The molecule has 2 aromatic rings. The van der Waals surface area contributed by atoms with E-state index < -0.39 is 0 Å². The molecule has 1 saturated heterocycles. The number of fused-ring (bicyclic) bond motifs is 1. The molecule has 1 N–H and O–H groups in total. The van der Waals surface area contributed by atoms with Crippen LogP contribution in [-0.2, 0) is 4.74 Å². The van der Waals surface area contributed by atoms with Gasteiger partial charge >= 0.3 is 0 Å². The second-order valence-electron chi connectivity index (χ2n) is 5.36. The number of Topliss-reactive ketones (excluding diaryl/α,β-unsaturated/α-hetero) is 1. The minimum absolute atomic E-state index is 0.122. The SMILES string of the molecule is COc1ccc2oc(C)c(C(=O)C[NH+]3CCOCC3)c2c1. The van der Waals surface area contributed by atoms with Crippen molar-refractivity contribution in [2.24, 2.45) is 0 Å². The smallest absolute Gasteiger partial charge is 0.220 e. The highest BCUT2D eigenvalue weighted by molar-refractivity contribution is 6.09. The number of ketones is 1. The van der Waals surface area contributed by atoms with Gasteiger partial charge in [-0.3, -0.25) is 4.79 Å². The number of rotatable bonds is 4. The molecule has 0 atom stereocenters. The number of furan rings is 1. The van der Waals surface area contributed by atoms with Crippen LogP contribution in [0.4, 0.5) is 0 Å². The fraction of sp³-hybridized carbons (Fsp3) is 0.438. The highest BCUT2D eigenvalue weighted by Gasteiger charge is 2.24. The summed E-state index contributed by atoms with van der Waals surface area (Å²) in [5.41, 5.74) is 1.41. The van der Waals surface area contributed by atoms with Crippen molar-refractivity contribution in [3.8, 4) is 5.75 Å². The summed E-state index contributed by atoms with van der Waals surface area (Å²) in [4.78, 5) is 13.9. The Hall–Kier alpha value is -1.85. The normalized spacial score (nSPS) is 16.3. The molecule has 0 spiro atoms. The van der Waals surface area contributed by atoms with E-state index in [1.54, 1.807) is 7.11 Å². The van der Waals surface area contributed by atoms with Gasteiger partial charge in [0, 0.05) is 5.39 Å². The minimum atomic E-state index is 0.122. The quantitative estimate of drug-likeness (QED) is 0.848. The summed E-state index contributed by atoms with van der Waals surface area (Å²) in [6.07, 6.45) is 0. The lowest BCUT2D eigenvalue weighted by molar-refractivity contribution is -0.899. The van der Waals surface area contributed by atoms with Gasteiger partial charge in [0.2, 0.25) is 5.78 Å². The Morgan fingerprint density at radius 3 is 2.81 bits per heavy atom. The van der Waals surface area contributed by atoms with Crippen molar-refractivity contribution < 1.29 is 23.6 Å². The second kappa shape index (κ2) is 5.87. The summed E-state index contributed by atoms with van der Waals surface area (Å²) >= 11 is 0. The molecule has 0 radical (unpaired) electrons. The Balaban J connectivity index is 1.90. The number of hydrogen-bond acceptors (Lipinski definition) is 4. The van der Waals surface area contributed by atoms with Crippen molar-refractivity contribution in [1.29, 1.82) is 0 Å². The third-order valence-electron chi connectivity index (χ3n) is 3.96. The second-order valence-corrected chi connectivity index (χ2v) is 5.36. The maximum absolute atomic E-state index is 12.6. The highest BCUT2D eigenvalue weighted by Crippen LogP contribution is 2.29. The Bertz CT molecular complexity index is 656. The Kier molecular flexibility index (Phi) is 3.94. The molecule has 5 heteroatoms. The molecule has 0 unspecified atom stereocenters. The zero-order valence-electron chi connectivity index (χ0n) is 12.4. The van der Waals surface area contributed by atoms with Crippen LogP contribution < -0.4 is 9.64 Å². The van der Waals surface area contributed by atoms with Gasteiger partial charge in [0.1, 0.15) is 36.7 Å². The van der Waals surface area contributed by atoms with Crippen LogP contribution in [0.1, 0.15) is 16.1 Å². The van der Waals surface area contributed by atoms with Crippen LogP contribution in [0.25, 0.3) is 11.0 Å². The van der Waals surface area contributed by atoms with Gasteiger partial charge in [-0.2, -0.15) is 0 Å². The first-order valence-corrected chi connectivity index (χ1v) is 7.20. The van der Waals surface area contributed by atoms with Crippen LogP contribution in [0.2, 0.25) is 0 Å². The van der Waals surface area contributed by atoms with Crippen molar-refractivity contribution in [2.75, 3.05) is 40.0 Å². The highest BCUT2D eigenvalue weighted by atomic mass is 16.5. The van der Waals surface area contributed by atoms with Crippen LogP contribution in [0.15, 0.2) is 22.6 Å². The largest absolute Gasteiger partial charge is 0.497 e. The van der Waals surface area contributed by atoms with E-state index in [-0.39, 0.29) is 5.78 Å². The third kappa shape index (κ3) is 2.80. The van der Waals surface area contributed by atoms with E-state index in [1.165, 1.54) is 4.90 Å². The summed E-state index contributed by atoms with van der Waals surface area (Å²) in [6.45, 7) is 5.53. The first-order chi connectivity index (χ1) is 10.2. The number of ether oxygens (including phenoxy) is 2. The molecule has 0 bridgehead atoms. The summed E-state index contributed by atoms with van der Waals surface area (Å²) < 4.78 is 16.3. The van der Waals surface area contributed by atoms with Crippen molar-refractivity contribution in [3.63, 3.8) is 0 Å². The summed E-state index contributed by atoms with van der Waals surface area (Å²) in [6, 6.07) is 5.56. The third-order valence-corrected chi connectivity index (χ3v) is 3.96. The van der Waals surface area contributed by atoms with Crippen LogP contribution in [-0.4, -0.2) is 45.7 Å². The standard InChI is InChI=1S/C16H19NO4/c1-11-16(14(18)10-17-5-7-20-8-6-17)13-9-12(19-2)3-4-15(13)21-11/h3-4,9H,5-8,10H2,1-2H3/p+1. The molecule has 2 heterocycles. The van der Waals surface area contributed by atoms with Gasteiger partial charge in [-0.15, -0.1) is 0 Å². The molecule has 112 valence electrons. The molecule has 5 nitrogen and oxygen atoms in total. The monoisotopic (exact) mass is 290 g/mol. The van der Waals surface area contributed by atoms with E-state index in [2.05, 4.69) is 0 Å². The molecular formula is C16H20NO4+. The average Bonchev–Trinajstić information content (AvgIpc) is 2.83. The zero-order chi connectivity index (χ0) is 14.8. The van der Waals surface area contributed by atoms with E-state index >= 15 is 0 Å². The average molecular weight is 290 g/mol. The van der Waals surface area contributed by atoms with Crippen molar-refractivity contribution in [1.82, 2.24) is 0 Å². The number of nitrogens with one attached hydrogen (secondary N) is 1. The summed E-state index contributed by atoms with van der Waals surface area (Å²) in [5, 5.41) is 0.838. The van der Waals surface area contributed by atoms with Crippen LogP contribution >= 0.6 is 0 Å². The molecule has 1 fully saturated rings. The predicted molar refractivity (Wildman–Crippen MR) is 78.2 cm³/mol. The fourth-order valence-corrected chi connectivity index (χ4v) is 2.82. The Morgan fingerprint density at radius 2 is 2.10 bits per heavy atom. The first kappa shape index (κ1) is 14.1. The van der Waals surface area contributed by atoms with Gasteiger partial charge in [-0.05, 0) is 25.1 Å². The number of methoxy groups -OCH3 is 1. The molecule has 21 heavy (non-hydrogen) atoms. The number of hydrogen-bond donors (Lipinski definition) is 1. The van der Waals surface area contributed by atoms with Crippen LogP contribution in [0.3, 0.4) is 0 Å². The van der Waals surface area contributed by atoms with Crippen LogP contribution in [0, 0.1) is 6.92 Å². The number of carbonyl (C=O) groups is 1. The predicted octanol–water partition coefficient (Wildman–Crippen LogP) is 0.848. The van der Waals surface area contributed by atoms with Gasteiger partial charge in [-0.1, -0.05) is 0 Å². The maximum atomic E-state index is 12.6. The number of morpholine rings is 1. The molecule has 0 aliphatic carbocycles. The van der Waals surface area contributed by atoms with Crippen molar-refractivity contribution in [3.05, 3.63) is 29.5 Å². The van der Waals surface area contributed by atoms with Crippen molar-refractivity contribution in [2.45, 2.75) is 6.92 Å². The molecule has 0 saturated carbocycles. The summed E-state index contributed by atoms with van der Waals surface area (Å²) in [7, 11) is 1.62. The van der Waals surface area contributed by atoms with E-state index in [0.29, 0.717) is 17.9 Å². The molecule has 1 aliphatic heterocycles. The Morgan fingerprint density at radius 1 is 1.33 bits per heavy atom. The maximum Gasteiger partial charge on any atom is 0.220 e. The lowest BCUT2D eigenvalue weighted by Crippen LogP contribution is -3.14. The molecule has 1 aliphatic rings. The van der Waals surface area contributed by atoms with Gasteiger partial charge in [-0.25, -0.2) is 0 Å². The van der Waals surface area contributed by atoms with Gasteiger partial charge in [0.05, 0.1) is 25.9 Å². The van der Waals surface area contributed by atoms with E-state index in [0.717, 1.165) is 43.0 Å². The minimum Gasteiger partial charge on any atom is -0.497 e. The molecule has 3 rings (SSSR count). The number of benzene rings is 1. The van der Waals surface area contributed by atoms with E-state index in [4.69, 9.17) is 13.9 Å². The lowest BCUT2D eigenvalue weighted by atomic mass is 10.1. The first-order valence-electron chi connectivity index (χ1n) is 7.20. The van der Waals surface area contributed by atoms with E-state index in [1.807, 2.05) is 25.1 Å². The summed E-state index contributed by atoms with van der Waals surface area (Å²) in [5.74, 6) is 1.53. The molecule has 1 aromatic heterocycles. The van der Waals surface area contributed by atoms with Gasteiger partial charge in [0.15, 0.2) is 0 Å². The fourth-order valence-electron chi connectivity index (χ4n) is 2.82. The van der Waals surface area contributed by atoms with E-state index in [9.17, 15) is 4.79 Å². The van der Waals surface area contributed by atoms with Crippen LogP contribution in [0.5, 0.6) is 5.75 Å². The molecular weight excluding hydrogens is 270 g/mol. The Labute approximate surface area is 123 Å². The number of carbonyl (C=O) groups excluding carboxylic acids is 1. The molecule has 0 amide bonds. The topological polar surface area (TPSA) is 53.1 Å². The number of quaternary nitrogens is 1. The zero-order valence-corrected chi connectivity index (χ0v) is 12.4.